The van der Waals surface area contributed by atoms with Gasteiger partial charge < -0.3 is 5.32 Å². The zero-order valence-corrected chi connectivity index (χ0v) is 17.3. The summed E-state index contributed by atoms with van der Waals surface area (Å²) in [6, 6.07) is 20.1. The van der Waals surface area contributed by atoms with Gasteiger partial charge in [-0.2, -0.15) is 4.31 Å². The van der Waals surface area contributed by atoms with Gasteiger partial charge in [0.25, 0.3) is 0 Å². The van der Waals surface area contributed by atoms with Gasteiger partial charge in [0.05, 0.1) is 23.2 Å². The summed E-state index contributed by atoms with van der Waals surface area (Å²) in [5.74, 6) is -0.440. The van der Waals surface area contributed by atoms with Crippen LogP contribution in [0.15, 0.2) is 83.9 Å². The fraction of sp³-hybridized carbons (Fsp3) is 0.143. The van der Waals surface area contributed by atoms with Crippen LogP contribution < -0.4 is 5.32 Å². The summed E-state index contributed by atoms with van der Waals surface area (Å²) in [6.07, 6.45) is 1.65. The molecule has 0 bridgehead atoms. The molecule has 2 aromatic carbocycles. The van der Waals surface area contributed by atoms with Crippen molar-refractivity contribution < 1.29 is 13.2 Å². The molecule has 0 radical (unpaired) electrons. The Morgan fingerprint density at radius 3 is 2.31 bits per heavy atom. The van der Waals surface area contributed by atoms with Gasteiger partial charge in [-0.05, 0) is 42.0 Å². The average molecular weight is 430 g/mol. The summed E-state index contributed by atoms with van der Waals surface area (Å²) in [5.41, 5.74) is 1.51. The van der Waals surface area contributed by atoms with Crippen LogP contribution in [0.5, 0.6) is 0 Å². The maximum atomic E-state index is 12.7. The van der Waals surface area contributed by atoms with Crippen molar-refractivity contribution in [3.05, 3.63) is 95.3 Å². The van der Waals surface area contributed by atoms with Crippen molar-refractivity contribution in [3.63, 3.8) is 0 Å². The van der Waals surface area contributed by atoms with Crippen LogP contribution in [0.3, 0.4) is 0 Å². The normalized spacial score (nSPS) is 12.5. The van der Waals surface area contributed by atoms with Gasteiger partial charge in [-0.25, -0.2) is 8.42 Å². The largest absolute Gasteiger partial charge is 0.342 e. The smallest absolute Gasteiger partial charge is 0.243 e. The Morgan fingerprint density at radius 1 is 1.03 bits per heavy atom. The topological polar surface area (TPSA) is 79.4 Å². The molecule has 6 nitrogen and oxygen atoms in total. The van der Waals surface area contributed by atoms with E-state index in [1.165, 1.54) is 31.3 Å². The lowest BCUT2D eigenvalue weighted by Crippen LogP contribution is -2.40. The van der Waals surface area contributed by atoms with E-state index in [0.717, 1.165) is 9.87 Å². The van der Waals surface area contributed by atoms with Gasteiger partial charge in [0.1, 0.15) is 0 Å². The van der Waals surface area contributed by atoms with Crippen molar-refractivity contribution in [1.82, 2.24) is 14.6 Å². The molecule has 3 rings (SSSR count). The predicted molar refractivity (Wildman–Crippen MR) is 112 cm³/mol. The van der Waals surface area contributed by atoms with Crippen molar-refractivity contribution in [3.8, 4) is 0 Å². The number of benzene rings is 2. The Kier molecular flexibility index (Phi) is 6.64. The molecule has 29 heavy (non-hydrogen) atoms. The number of sulfonamides is 1. The molecule has 1 aromatic heterocycles. The SMILES string of the molecule is CN(CC(=O)NC(c1ccccc1)c1ccccn1)S(=O)(=O)c1ccc(Cl)cc1. The molecule has 0 aliphatic rings. The number of carbonyl (C=O) groups excluding carboxylic acids is 1. The molecule has 3 aromatic rings. The van der Waals surface area contributed by atoms with E-state index >= 15 is 0 Å². The second-order valence-corrected chi connectivity index (χ2v) is 8.86. The quantitative estimate of drug-likeness (QED) is 0.625. The summed E-state index contributed by atoms with van der Waals surface area (Å²) >= 11 is 5.82. The highest BCUT2D eigenvalue weighted by Gasteiger charge is 2.25. The number of likely N-dealkylation sites (N-methyl/N-ethyl adjacent to an activating group) is 1. The first-order chi connectivity index (χ1) is 13.9. The summed E-state index contributed by atoms with van der Waals surface area (Å²) in [7, 11) is -2.45. The Morgan fingerprint density at radius 2 is 1.69 bits per heavy atom. The lowest BCUT2D eigenvalue weighted by molar-refractivity contribution is -0.121. The fourth-order valence-corrected chi connectivity index (χ4v) is 4.05. The van der Waals surface area contributed by atoms with E-state index in [9.17, 15) is 13.2 Å². The highest BCUT2D eigenvalue weighted by molar-refractivity contribution is 7.89. The van der Waals surface area contributed by atoms with Crippen molar-refractivity contribution in [2.75, 3.05) is 13.6 Å². The monoisotopic (exact) mass is 429 g/mol. The van der Waals surface area contributed by atoms with Crippen LogP contribution in [0.4, 0.5) is 0 Å². The van der Waals surface area contributed by atoms with Crippen LogP contribution in [0, 0.1) is 0 Å². The Balaban J connectivity index is 1.77. The number of nitrogens with zero attached hydrogens (tertiary/aromatic N) is 2. The van der Waals surface area contributed by atoms with Crippen LogP contribution in [-0.2, 0) is 14.8 Å². The standard InChI is InChI=1S/C21H20ClN3O3S/c1-25(29(27,28)18-12-10-17(22)11-13-18)15-20(26)24-21(16-7-3-2-4-8-16)19-9-5-6-14-23-19/h2-14,21H,15H2,1H3,(H,24,26). The molecule has 8 heteroatoms. The first kappa shape index (κ1) is 21.0. The maximum absolute atomic E-state index is 12.7. The minimum atomic E-state index is -3.82. The molecule has 1 atom stereocenters. The first-order valence-corrected chi connectivity index (χ1v) is 10.7. The van der Waals surface area contributed by atoms with E-state index < -0.39 is 22.0 Å². The number of hydrogen-bond donors (Lipinski definition) is 1. The zero-order valence-electron chi connectivity index (χ0n) is 15.7. The van der Waals surface area contributed by atoms with E-state index in [-0.39, 0.29) is 11.4 Å². The highest BCUT2D eigenvalue weighted by atomic mass is 35.5. The van der Waals surface area contributed by atoms with E-state index in [0.29, 0.717) is 10.7 Å². The van der Waals surface area contributed by atoms with Crippen LogP contribution in [-0.4, -0.2) is 37.2 Å². The molecule has 1 N–H and O–H groups in total. The molecule has 0 spiro atoms. The minimum Gasteiger partial charge on any atom is -0.342 e. The van der Waals surface area contributed by atoms with Crippen LogP contribution in [0.25, 0.3) is 0 Å². The third-order valence-electron chi connectivity index (χ3n) is 4.31. The summed E-state index contributed by atoms with van der Waals surface area (Å²) in [4.78, 5) is 17.1. The molecule has 0 fully saturated rings. The van der Waals surface area contributed by atoms with E-state index in [1.807, 2.05) is 42.5 Å². The molecule has 1 unspecified atom stereocenters. The van der Waals surface area contributed by atoms with E-state index in [4.69, 9.17) is 11.6 Å². The maximum Gasteiger partial charge on any atom is 0.243 e. The number of amides is 1. The molecule has 0 aliphatic carbocycles. The lowest BCUT2D eigenvalue weighted by Gasteiger charge is -2.21. The van der Waals surface area contributed by atoms with Crippen LogP contribution >= 0.6 is 11.6 Å². The molecular formula is C21H20ClN3O3S. The molecule has 0 saturated carbocycles. The number of aromatic nitrogens is 1. The van der Waals surface area contributed by atoms with Gasteiger partial charge in [-0.15, -0.1) is 0 Å². The van der Waals surface area contributed by atoms with Gasteiger partial charge >= 0.3 is 0 Å². The number of pyridine rings is 1. The van der Waals surface area contributed by atoms with Gasteiger partial charge in [0.15, 0.2) is 0 Å². The van der Waals surface area contributed by atoms with Crippen molar-refractivity contribution in [1.29, 1.82) is 0 Å². The molecular weight excluding hydrogens is 410 g/mol. The minimum absolute atomic E-state index is 0.0709. The Bertz CT molecular complexity index is 1020. The second-order valence-electron chi connectivity index (χ2n) is 6.38. The predicted octanol–water partition coefficient (Wildman–Crippen LogP) is 3.26. The molecule has 0 saturated heterocycles. The van der Waals surface area contributed by atoms with Crippen molar-refractivity contribution in [2.45, 2.75) is 10.9 Å². The number of carbonyl (C=O) groups is 1. The third-order valence-corrected chi connectivity index (χ3v) is 6.38. The lowest BCUT2D eigenvalue weighted by atomic mass is 10.0. The Labute approximate surface area is 175 Å². The second kappa shape index (κ2) is 9.17. The van der Waals surface area contributed by atoms with Crippen LogP contribution in [0.1, 0.15) is 17.3 Å². The summed E-state index contributed by atoms with van der Waals surface area (Å²) in [5, 5.41) is 3.32. The number of halogens is 1. The summed E-state index contributed by atoms with van der Waals surface area (Å²) in [6.45, 7) is -0.332. The number of nitrogens with one attached hydrogen (secondary N) is 1. The van der Waals surface area contributed by atoms with Crippen molar-refractivity contribution >= 4 is 27.5 Å². The van der Waals surface area contributed by atoms with E-state index in [2.05, 4.69) is 10.3 Å². The molecule has 1 amide bonds. The van der Waals surface area contributed by atoms with Crippen molar-refractivity contribution in [2.24, 2.45) is 0 Å². The number of hydrogen-bond acceptors (Lipinski definition) is 4. The first-order valence-electron chi connectivity index (χ1n) is 8.85. The third kappa shape index (κ3) is 5.20. The van der Waals surface area contributed by atoms with Crippen LogP contribution in [0.2, 0.25) is 5.02 Å². The Hall–Kier alpha value is -2.74. The van der Waals surface area contributed by atoms with Gasteiger partial charge in [-0.3, -0.25) is 9.78 Å². The van der Waals surface area contributed by atoms with E-state index in [1.54, 1.807) is 12.3 Å². The van der Waals surface area contributed by atoms with Gasteiger partial charge in [-0.1, -0.05) is 48.0 Å². The fourth-order valence-electron chi connectivity index (χ4n) is 2.80. The molecule has 0 aliphatic heterocycles. The highest BCUT2D eigenvalue weighted by Crippen LogP contribution is 2.21. The average Bonchev–Trinajstić information content (AvgIpc) is 2.73. The van der Waals surface area contributed by atoms with Gasteiger partial charge in [0, 0.05) is 18.3 Å². The molecule has 150 valence electrons. The van der Waals surface area contributed by atoms with Gasteiger partial charge in [0.2, 0.25) is 15.9 Å². The molecule has 1 heterocycles. The zero-order chi connectivity index (χ0) is 20.9. The number of rotatable bonds is 7. The summed E-state index contributed by atoms with van der Waals surface area (Å²) < 4.78 is 26.4.